The molecule has 0 N–H and O–H groups in total. The van der Waals surface area contributed by atoms with Gasteiger partial charge < -0.3 is 0 Å². The van der Waals surface area contributed by atoms with Crippen molar-refractivity contribution in [3.8, 4) is 0 Å². The predicted molar refractivity (Wildman–Crippen MR) is 81.5 cm³/mol. The van der Waals surface area contributed by atoms with Crippen molar-refractivity contribution in [1.29, 1.82) is 0 Å². The van der Waals surface area contributed by atoms with Crippen LogP contribution in [0, 0.1) is 29.6 Å². The molecule has 2 aliphatic carbocycles. The molecule has 0 saturated heterocycles. The molecule has 0 spiro atoms. The molecule has 0 nitrogen and oxygen atoms in total. The van der Waals surface area contributed by atoms with Crippen molar-refractivity contribution in [2.24, 2.45) is 29.6 Å². The van der Waals surface area contributed by atoms with Gasteiger partial charge in [0.15, 0.2) is 0 Å². The molecule has 2 saturated carbocycles. The highest BCUT2D eigenvalue weighted by atomic mass is 19.3. The minimum Gasteiger partial charge on any atom is -0.244 e. The Morgan fingerprint density at radius 3 is 2.09 bits per heavy atom. The molecule has 0 bridgehead atoms. The molecular formula is C18H30F4. The number of hydrogen-bond donors (Lipinski definition) is 0. The van der Waals surface area contributed by atoms with E-state index in [1.54, 1.807) is 6.92 Å². The van der Waals surface area contributed by atoms with Crippen LogP contribution in [0.3, 0.4) is 0 Å². The van der Waals surface area contributed by atoms with Crippen LogP contribution < -0.4 is 0 Å². The lowest BCUT2D eigenvalue weighted by molar-refractivity contribution is -0.160. The van der Waals surface area contributed by atoms with E-state index in [1.165, 1.54) is 0 Å². The summed E-state index contributed by atoms with van der Waals surface area (Å²) in [5, 5.41) is 0. The molecule has 130 valence electrons. The van der Waals surface area contributed by atoms with Crippen molar-refractivity contribution in [3.63, 3.8) is 0 Å². The maximum Gasteiger partial charge on any atom is 0.254 e. The normalized spacial score (nSPS) is 44.0. The van der Waals surface area contributed by atoms with Gasteiger partial charge in [0.05, 0.1) is 5.92 Å². The van der Waals surface area contributed by atoms with Gasteiger partial charge in [0.2, 0.25) is 0 Å². The molecule has 2 rings (SSSR count). The summed E-state index contributed by atoms with van der Waals surface area (Å²) in [5.74, 6) is -4.82. The van der Waals surface area contributed by atoms with Crippen LogP contribution in [-0.2, 0) is 0 Å². The minimum atomic E-state index is -3.09. The van der Waals surface area contributed by atoms with E-state index in [1.807, 2.05) is 6.92 Å². The molecule has 0 aromatic rings. The van der Waals surface area contributed by atoms with Crippen molar-refractivity contribution < 1.29 is 17.6 Å². The van der Waals surface area contributed by atoms with Gasteiger partial charge in [-0.1, -0.05) is 40.0 Å². The minimum absolute atomic E-state index is 0.0340. The van der Waals surface area contributed by atoms with Gasteiger partial charge in [0.1, 0.15) is 12.3 Å². The summed E-state index contributed by atoms with van der Waals surface area (Å²) in [5.41, 5.74) is 0. The van der Waals surface area contributed by atoms with Gasteiger partial charge in [-0.25, -0.2) is 17.6 Å². The molecule has 22 heavy (non-hydrogen) atoms. The van der Waals surface area contributed by atoms with Crippen molar-refractivity contribution in [3.05, 3.63) is 0 Å². The Bertz CT molecular complexity index is 347. The zero-order chi connectivity index (χ0) is 16.5. The van der Waals surface area contributed by atoms with Crippen LogP contribution in [-0.4, -0.2) is 18.3 Å². The van der Waals surface area contributed by atoms with Gasteiger partial charge in [-0.2, -0.15) is 0 Å². The van der Waals surface area contributed by atoms with E-state index in [-0.39, 0.29) is 12.3 Å². The van der Waals surface area contributed by atoms with Crippen molar-refractivity contribution >= 4 is 0 Å². The first-order valence-electron chi connectivity index (χ1n) is 8.92. The number of halogens is 4. The van der Waals surface area contributed by atoms with E-state index in [4.69, 9.17) is 0 Å². The first kappa shape index (κ1) is 18.1. The highest BCUT2D eigenvalue weighted by Crippen LogP contribution is 2.50. The van der Waals surface area contributed by atoms with Crippen LogP contribution in [0.2, 0.25) is 0 Å². The molecule has 5 atom stereocenters. The summed E-state index contributed by atoms with van der Waals surface area (Å²) < 4.78 is 57.9. The third-order valence-electron chi connectivity index (χ3n) is 6.08. The molecule has 0 radical (unpaired) electrons. The Hall–Kier alpha value is -0.280. The van der Waals surface area contributed by atoms with Gasteiger partial charge in [0.25, 0.3) is 5.92 Å². The molecular weight excluding hydrogens is 292 g/mol. The number of rotatable bonds is 4. The number of alkyl halides is 4. The second kappa shape index (κ2) is 7.09. The lowest BCUT2D eigenvalue weighted by Gasteiger charge is -2.44. The average Bonchev–Trinajstić information content (AvgIpc) is 2.46. The van der Waals surface area contributed by atoms with Crippen LogP contribution in [0.5, 0.6) is 0 Å². The Balaban J connectivity index is 2.08. The van der Waals surface area contributed by atoms with E-state index in [0.717, 1.165) is 25.7 Å². The second-order valence-corrected chi connectivity index (χ2v) is 7.89. The fourth-order valence-electron chi connectivity index (χ4n) is 4.58. The fraction of sp³-hybridized carbons (Fsp3) is 1.00. The number of hydrogen-bond acceptors (Lipinski definition) is 0. The van der Waals surface area contributed by atoms with Gasteiger partial charge in [-0.05, 0) is 42.9 Å². The first-order chi connectivity index (χ1) is 10.3. The van der Waals surface area contributed by atoms with Crippen molar-refractivity contribution in [2.45, 2.75) is 84.0 Å². The van der Waals surface area contributed by atoms with Crippen LogP contribution in [0.4, 0.5) is 17.6 Å². The maximum atomic E-state index is 14.8. The maximum absolute atomic E-state index is 14.8. The lowest BCUT2D eigenvalue weighted by atomic mass is 9.66. The Morgan fingerprint density at radius 2 is 1.55 bits per heavy atom. The summed E-state index contributed by atoms with van der Waals surface area (Å²) in [6.07, 6.45) is 0.395. The summed E-state index contributed by atoms with van der Waals surface area (Å²) in [7, 11) is 0. The molecule has 0 aromatic heterocycles. The first-order valence-corrected chi connectivity index (χ1v) is 8.92. The quantitative estimate of drug-likeness (QED) is 0.541. The summed E-state index contributed by atoms with van der Waals surface area (Å²) in [6, 6.07) is 0. The highest BCUT2D eigenvalue weighted by molar-refractivity contribution is 4.98. The topological polar surface area (TPSA) is 0 Å². The fourth-order valence-corrected chi connectivity index (χ4v) is 4.58. The average molecular weight is 322 g/mol. The monoisotopic (exact) mass is 322 g/mol. The van der Waals surface area contributed by atoms with Crippen LogP contribution in [0.1, 0.15) is 65.7 Å². The van der Waals surface area contributed by atoms with E-state index < -0.39 is 36.0 Å². The summed E-state index contributed by atoms with van der Waals surface area (Å²) in [4.78, 5) is 0. The molecule has 2 aliphatic rings. The zero-order valence-electron chi connectivity index (χ0n) is 14.0. The summed E-state index contributed by atoms with van der Waals surface area (Å²) in [6.45, 7) is 5.60. The third kappa shape index (κ3) is 3.79. The molecule has 4 heteroatoms. The van der Waals surface area contributed by atoms with E-state index in [0.29, 0.717) is 18.8 Å². The van der Waals surface area contributed by atoms with Crippen molar-refractivity contribution in [1.82, 2.24) is 0 Å². The molecule has 2 fully saturated rings. The Labute approximate surface area is 132 Å². The molecule has 0 aliphatic heterocycles. The van der Waals surface area contributed by atoms with Gasteiger partial charge >= 0.3 is 0 Å². The van der Waals surface area contributed by atoms with Gasteiger partial charge in [-0.3, -0.25) is 0 Å². The van der Waals surface area contributed by atoms with Crippen LogP contribution in [0.15, 0.2) is 0 Å². The molecule has 0 aromatic carbocycles. The van der Waals surface area contributed by atoms with E-state index >= 15 is 0 Å². The lowest BCUT2D eigenvalue weighted by Crippen LogP contribution is -2.51. The van der Waals surface area contributed by atoms with E-state index in [9.17, 15) is 17.6 Å². The van der Waals surface area contributed by atoms with Crippen LogP contribution in [0.25, 0.3) is 0 Å². The summed E-state index contributed by atoms with van der Waals surface area (Å²) >= 11 is 0. The largest absolute Gasteiger partial charge is 0.254 e. The smallest absolute Gasteiger partial charge is 0.244 e. The molecule has 0 amide bonds. The zero-order valence-corrected chi connectivity index (χ0v) is 14.0. The van der Waals surface area contributed by atoms with Crippen LogP contribution >= 0.6 is 0 Å². The van der Waals surface area contributed by atoms with E-state index in [2.05, 4.69) is 6.92 Å². The van der Waals surface area contributed by atoms with Crippen molar-refractivity contribution in [2.75, 3.05) is 0 Å². The van der Waals surface area contributed by atoms with Gasteiger partial charge in [0, 0.05) is 6.42 Å². The molecule has 5 unspecified atom stereocenters. The Kier molecular flexibility index (Phi) is 5.82. The predicted octanol–water partition coefficient (Wildman–Crippen LogP) is 6.20. The Morgan fingerprint density at radius 1 is 0.955 bits per heavy atom. The SMILES string of the molecule is CCC1CC(C)C(F)C(F)C1C(F)(F)CC1CCC(C)CC1. The highest BCUT2D eigenvalue weighted by Gasteiger charge is 2.55. The second-order valence-electron chi connectivity index (χ2n) is 7.89. The molecule has 0 heterocycles. The third-order valence-corrected chi connectivity index (χ3v) is 6.08. The van der Waals surface area contributed by atoms with Gasteiger partial charge in [-0.15, -0.1) is 0 Å². The standard InChI is InChI=1S/C18H30F4/c1-4-14-9-12(3)16(19)17(20)15(14)18(21,22)10-13-7-5-11(2)6-8-13/h11-17H,4-10H2,1-3H3.